The largest absolute Gasteiger partial charge is 0.354 e. The van der Waals surface area contributed by atoms with E-state index < -0.39 is 0 Å². The Morgan fingerprint density at radius 2 is 0.911 bits per heavy atom. The summed E-state index contributed by atoms with van der Waals surface area (Å²) < 4.78 is 2.57. The molecule has 1 heterocycles. The Bertz CT molecular complexity index is 2170. The van der Waals surface area contributed by atoms with Crippen molar-refractivity contribution < 1.29 is 0 Å². The van der Waals surface area contributed by atoms with Gasteiger partial charge in [0.2, 0.25) is 0 Å². The molecule has 8 aromatic rings. The normalized spacial score (nSPS) is 11.1. The zero-order chi connectivity index (χ0) is 30.0. The predicted molar refractivity (Wildman–Crippen MR) is 195 cm³/mol. The van der Waals surface area contributed by atoms with Crippen molar-refractivity contribution in [3.05, 3.63) is 176 Å². The summed E-state index contributed by atoms with van der Waals surface area (Å²) in [7, 11) is 0. The molecule has 0 aliphatic heterocycles. The standard InChI is InChI=1S/C42H30N2S/c1-3-13-30(14-4-1)32-17-9-20-35(27-32)44(36-21-10-18-33(28-36)31-15-5-2-6-16-31)37-22-11-19-34(29-37)43-40-25-12-24-39-38-23-7-8-26-41(38)45-42(39)40/h1-29,43H. The molecule has 0 saturated carbocycles. The average molecular weight is 595 g/mol. The van der Waals surface area contributed by atoms with Crippen LogP contribution < -0.4 is 10.2 Å². The SMILES string of the molecule is c1ccc(-c2cccc(N(c3cccc(Nc4cccc5c4sc4ccccc45)c3)c3cccc(-c4ccccc4)c3)c2)cc1. The molecule has 0 unspecified atom stereocenters. The van der Waals surface area contributed by atoms with Crippen LogP contribution in [-0.2, 0) is 0 Å². The number of thiophene rings is 1. The first-order valence-electron chi connectivity index (χ1n) is 15.2. The van der Waals surface area contributed by atoms with Crippen LogP contribution in [-0.4, -0.2) is 0 Å². The summed E-state index contributed by atoms with van der Waals surface area (Å²) in [5.74, 6) is 0. The average Bonchev–Trinajstić information content (AvgIpc) is 3.50. The Balaban J connectivity index is 1.23. The lowest BCUT2D eigenvalue weighted by Crippen LogP contribution is -2.10. The molecule has 7 aromatic carbocycles. The number of nitrogens with zero attached hydrogens (tertiary/aromatic N) is 1. The fourth-order valence-corrected chi connectivity index (χ4v) is 7.25. The van der Waals surface area contributed by atoms with E-state index in [1.165, 1.54) is 42.4 Å². The molecular weight excluding hydrogens is 565 g/mol. The molecule has 0 atom stereocenters. The highest BCUT2D eigenvalue weighted by atomic mass is 32.1. The van der Waals surface area contributed by atoms with Crippen molar-refractivity contribution in [3.63, 3.8) is 0 Å². The maximum Gasteiger partial charge on any atom is 0.0590 e. The van der Waals surface area contributed by atoms with Crippen molar-refractivity contribution in [2.45, 2.75) is 0 Å². The molecular formula is C42H30N2S. The topological polar surface area (TPSA) is 15.3 Å². The van der Waals surface area contributed by atoms with Gasteiger partial charge in [0.25, 0.3) is 0 Å². The third-order valence-electron chi connectivity index (χ3n) is 8.21. The van der Waals surface area contributed by atoms with E-state index in [9.17, 15) is 0 Å². The summed E-state index contributed by atoms with van der Waals surface area (Å²) in [5, 5.41) is 6.35. The van der Waals surface area contributed by atoms with E-state index in [2.05, 4.69) is 186 Å². The minimum atomic E-state index is 1.04. The fraction of sp³-hybridized carbons (Fsp3) is 0. The Morgan fingerprint density at radius 1 is 0.400 bits per heavy atom. The summed E-state index contributed by atoms with van der Waals surface area (Å²) in [6.07, 6.45) is 0. The van der Waals surface area contributed by atoms with Crippen molar-refractivity contribution in [3.8, 4) is 22.3 Å². The van der Waals surface area contributed by atoms with Gasteiger partial charge in [-0.05, 0) is 76.9 Å². The molecule has 45 heavy (non-hydrogen) atoms. The Morgan fingerprint density at radius 3 is 1.58 bits per heavy atom. The predicted octanol–water partition coefficient (Wildman–Crippen LogP) is 12.6. The molecule has 3 heteroatoms. The molecule has 0 saturated heterocycles. The molecule has 214 valence electrons. The maximum absolute atomic E-state index is 3.76. The van der Waals surface area contributed by atoms with Gasteiger partial charge in [-0.15, -0.1) is 11.3 Å². The van der Waals surface area contributed by atoms with Crippen molar-refractivity contribution in [1.29, 1.82) is 0 Å². The molecule has 0 amide bonds. The van der Waals surface area contributed by atoms with Crippen LogP contribution in [0.4, 0.5) is 28.4 Å². The number of hydrogen-bond donors (Lipinski definition) is 1. The molecule has 0 radical (unpaired) electrons. The van der Waals surface area contributed by atoms with Crippen LogP contribution in [0.2, 0.25) is 0 Å². The number of fused-ring (bicyclic) bond motifs is 3. The van der Waals surface area contributed by atoms with Gasteiger partial charge in [0.1, 0.15) is 0 Å². The third kappa shape index (κ3) is 5.35. The number of rotatable bonds is 7. The van der Waals surface area contributed by atoms with Gasteiger partial charge in [-0.2, -0.15) is 0 Å². The molecule has 0 aliphatic carbocycles. The zero-order valence-electron chi connectivity index (χ0n) is 24.6. The highest BCUT2D eigenvalue weighted by Gasteiger charge is 2.16. The molecule has 8 rings (SSSR count). The lowest BCUT2D eigenvalue weighted by molar-refractivity contribution is 1.28. The first kappa shape index (κ1) is 26.9. The molecule has 2 nitrogen and oxygen atoms in total. The summed E-state index contributed by atoms with van der Waals surface area (Å²) in [4.78, 5) is 2.35. The van der Waals surface area contributed by atoms with E-state index in [0.29, 0.717) is 0 Å². The van der Waals surface area contributed by atoms with E-state index in [-0.39, 0.29) is 0 Å². The zero-order valence-corrected chi connectivity index (χ0v) is 25.4. The molecule has 0 fully saturated rings. The van der Waals surface area contributed by atoms with Crippen LogP contribution >= 0.6 is 11.3 Å². The second-order valence-corrected chi connectivity index (χ2v) is 12.2. The third-order valence-corrected chi connectivity index (χ3v) is 9.43. The number of hydrogen-bond acceptors (Lipinski definition) is 3. The number of anilines is 5. The van der Waals surface area contributed by atoms with E-state index in [1.54, 1.807) is 0 Å². The lowest BCUT2D eigenvalue weighted by Gasteiger charge is -2.27. The first-order valence-corrected chi connectivity index (χ1v) is 16.0. The molecule has 0 aliphatic rings. The monoisotopic (exact) mass is 594 g/mol. The van der Waals surface area contributed by atoms with E-state index >= 15 is 0 Å². The van der Waals surface area contributed by atoms with Crippen molar-refractivity contribution in [2.24, 2.45) is 0 Å². The van der Waals surface area contributed by atoms with Crippen molar-refractivity contribution in [1.82, 2.24) is 0 Å². The van der Waals surface area contributed by atoms with Crippen LogP contribution in [0.3, 0.4) is 0 Å². The van der Waals surface area contributed by atoms with Gasteiger partial charge in [0.15, 0.2) is 0 Å². The Hall–Kier alpha value is -5.64. The van der Waals surface area contributed by atoms with Gasteiger partial charge in [0.05, 0.1) is 10.4 Å². The van der Waals surface area contributed by atoms with Crippen LogP contribution in [0.5, 0.6) is 0 Å². The fourth-order valence-electron chi connectivity index (χ4n) is 6.08. The molecule has 1 N–H and O–H groups in total. The number of benzene rings is 7. The summed E-state index contributed by atoms with van der Waals surface area (Å²) in [6.45, 7) is 0. The van der Waals surface area contributed by atoms with Gasteiger partial charge in [-0.1, -0.05) is 121 Å². The Kier molecular flexibility index (Phi) is 7.07. The van der Waals surface area contributed by atoms with Gasteiger partial charge in [-0.3, -0.25) is 0 Å². The smallest absolute Gasteiger partial charge is 0.0590 e. The summed E-state index contributed by atoms with van der Waals surface area (Å²) >= 11 is 1.84. The first-order chi connectivity index (χ1) is 22.3. The van der Waals surface area contributed by atoms with E-state index in [1.807, 2.05) is 11.3 Å². The second kappa shape index (κ2) is 11.8. The van der Waals surface area contributed by atoms with Gasteiger partial charge < -0.3 is 10.2 Å². The lowest BCUT2D eigenvalue weighted by atomic mass is 10.0. The molecule has 0 spiro atoms. The second-order valence-electron chi connectivity index (χ2n) is 11.1. The number of nitrogens with one attached hydrogen (secondary N) is 1. The van der Waals surface area contributed by atoms with Crippen LogP contribution in [0.25, 0.3) is 42.4 Å². The van der Waals surface area contributed by atoms with E-state index in [4.69, 9.17) is 0 Å². The van der Waals surface area contributed by atoms with Gasteiger partial charge in [-0.25, -0.2) is 0 Å². The van der Waals surface area contributed by atoms with E-state index in [0.717, 1.165) is 28.4 Å². The van der Waals surface area contributed by atoms with Crippen LogP contribution in [0.1, 0.15) is 0 Å². The molecule has 1 aromatic heterocycles. The van der Waals surface area contributed by atoms with Crippen LogP contribution in [0.15, 0.2) is 176 Å². The highest BCUT2D eigenvalue weighted by molar-refractivity contribution is 7.26. The van der Waals surface area contributed by atoms with Gasteiger partial charge >= 0.3 is 0 Å². The van der Waals surface area contributed by atoms with Crippen molar-refractivity contribution in [2.75, 3.05) is 10.2 Å². The Labute approximate surface area is 267 Å². The quantitative estimate of drug-likeness (QED) is 0.197. The minimum absolute atomic E-state index is 1.04. The van der Waals surface area contributed by atoms with Gasteiger partial charge in [0, 0.05) is 38.2 Å². The summed E-state index contributed by atoms with van der Waals surface area (Å²) in [6, 6.07) is 62.7. The molecule has 0 bridgehead atoms. The summed E-state index contributed by atoms with van der Waals surface area (Å²) in [5.41, 5.74) is 10.2. The van der Waals surface area contributed by atoms with Crippen molar-refractivity contribution >= 4 is 59.9 Å². The van der Waals surface area contributed by atoms with Crippen LogP contribution in [0, 0.1) is 0 Å². The highest BCUT2D eigenvalue weighted by Crippen LogP contribution is 2.41. The minimum Gasteiger partial charge on any atom is -0.354 e. The maximum atomic E-state index is 3.76.